The average molecular weight is 473 g/mol. The lowest BCUT2D eigenvalue weighted by Crippen LogP contribution is -2.29. The maximum atomic E-state index is 14.1. The summed E-state index contributed by atoms with van der Waals surface area (Å²) in [6, 6.07) is 1.89. The van der Waals surface area contributed by atoms with Gasteiger partial charge in [-0.3, -0.25) is 4.79 Å². The van der Waals surface area contributed by atoms with Crippen LogP contribution in [0.4, 0.5) is 14.7 Å². The maximum absolute atomic E-state index is 14.1. The third kappa shape index (κ3) is 4.93. The quantitative estimate of drug-likeness (QED) is 0.368. The first kappa shape index (κ1) is 23.4. The van der Waals surface area contributed by atoms with Gasteiger partial charge in [0.05, 0.1) is 23.7 Å². The Balaban J connectivity index is 1.37. The molecule has 11 nitrogen and oxygen atoms in total. The molecular formula is C21H25F2N9O2. The molecule has 3 N–H and O–H groups in total. The van der Waals surface area contributed by atoms with E-state index in [-0.39, 0.29) is 40.6 Å². The molecule has 13 heteroatoms. The number of aliphatic hydroxyl groups is 1. The Morgan fingerprint density at radius 2 is 1.97 bits per heavy atom. The highest BCUT2D eigenvalue weighted by molar-refractivity contribution is 5.92. The zero-order chi connectivity index (χ0) is 24.6. The molecule has 0 saturated heterocycles. The molecule has 4 rings (SSSR count). The summed E-state index contributed by atoms with van der Waals surface area (Å²) in [6.45, 7) is 3.90. The van der Waals surface area contributed by atoms with Crippen molar-refractivity contribution in [2.24, 2.45) is 0 Å². The number of hydrogen-bond donors (Lipinski definition) is 2. The van der Waals surface area contributed by atoms with E-state index in [4.69, 9.17) is 5.73 Å². The lowest BCUT2D eigenvalue weighted by Gasteiger charge is -2.16. The van der Waals surface area contributed by atoms with Gasteiger partial charge in [-0.25, -0.2) is 18.7 Å². The summed E-state index contributed by atoms with van der Waals surface area (Å²) in [5, 5.41) is 22.5. The van der Waals surface area contributed by atoms with Gasteiger partial charge in [0, 0.05) is 26.1 Å². The highest BCUT2D eigenvalue weighted by Crippen LogP contribution is 2.23. The number of aryl methyl sites for hydroxylation is 1. The van der Waals surface area contributed by atoms with E-state index in [1.54, 1.807) is 20.9 Å². The van der Waals surface area contributed by atoms with Crippen LogP contribution in [0.3, 0.4) is 0 Å². The Hall–Kier alpha value is -3.74. The number of nitrogen functional groups attached to an aromatic ring is 1. The Bertz CT molecular complexity index is 1360. The predicted molar refractivity (Wildman–Crippen MR) is 119 cm³/mol. The fourth-order valence-electron chi connectivity index (χ4n) is 3.55. The predicted octanol–water partition coefficient (Wildman–Crippen LogP) is 1.60. The average Bonchev–Trinajstić information content (AvgIpc) is 3.38. The molecule has 0 saturated carbocycles. The van der Waals surface area contributed by atoms with E-state index in [2.05, 4.69) is 25.3 Å². The van der Waals surface area contributed by atoms with Gasteiger partial charge in [0.2, 0.25) is 5.95 Å². The van der Waals surface area contributed by atoms with Gasteiger partial charge in [-0.2, -0.15) is 14.4 Å². The van der Waals surface area contributed by atoms with Crippen LogP contribution in [0.2, 0.25) is 0 Å². The molecule has 4 aromatic rings. The monoisotopic (exact) mass is 473 g/mol. The first-order chi connectivity index (χ1) is 16.0. The lowest BCUT2D eigenvalue weighted by atomic mass is 10.1. The number of benzene rings is 1. The molecule has 0 bridgehead atoms. The number of anilines is 1. The van der Waals surface area contributed by atoms with Crippen molar-refractivity contribution in [3.05, 3.63) is 41.5 Å². The van der Waals surface area contributed by atoms with Crippen molar-refractivity contribution in [3.63, 3.8) is 0 Å². The number of hydrogen-bond acceptors (Lipinski definition) is 8. The SMILES string of the molecule is CN(CCCCc1nc2c3cc(F)cc(F)c3nc(N)n2n1)C(=O)c1cnn(CC(C)(C)O)n1. The number of halogens is 2. The van der Waals surface area contributed by atoms with Gasteiger partial charge in [-0.05, 0) is 32.8 Å². The van der Waals surface area contributed by atoms with E-state index in [9.17, 15) is 18.7 Å². The zero-order valence-electron chi connectivity index (χ0n) is 19.0. The van der Waals surface area contributed by atoms with E-state index in [0.717, 1.165) is 12.1 Å². The molecule has 1 amide bonds. The molecule has 180 valence electrons. The first-order valence-electron chi connectivity index (χ1n) is 10.7. The van der Waals surface area contributed by atoms with Crippen LogP contribution in [-0.4, -0.2) is 69.7 Å². The summed E-state index contributed by atoms with van der Waals surface area (Å²) in [5.41, 5.74) is 5.25. The topological polar surface area (TPSA) is 140 Å². The minimum absolute atomic E-state index is 0.0466. The molecule has 0 unspecified atom stereocenters. The van der Waals surface area contributed by atoms with Crippen molar-refractivity contribution in [2.45, 2.75) is 45.3 Å². The van der Waals surface area contributed by atoms with Gasteiger partial charge in [0.1, 0.15) is 11.3 Å². The summed E-state index contributed by atoms with van der Waals surface area (Å²) in [5.74, 6) is -1.43. The van der Waals surface area contributed by atoms with Gasteiger partial charge in [-0.1, -0.05) is 0 Å². The standard InChI is InChI=1S/C21H25F2N9O2/c1-21(2,34)11-31-25-10-15(28-31)19(33)30(3)7-5-4-6-16-26-18-13-8-12(22)9-14(23)17(13)27-20(24)32(18)29-16/h8-10,34H,4-7,11H2,1-3H3,(H2,24,27). The summed E-state index contributed by atoms with van der Waals surface area (Å²) in [6.07, 6.45) is 3.17. The van der Waals surface area contributed by atoms with E-state index in [0.29, 0.717) is 31.6 Å². The van der Waals surface area contributed by atoms with Crippen LogP contribution in [0, 0.1) is 11.6 Å². The van der Waals surface area contributed by atoms with E-state index in [1.807, 2.05) is 0 Å². The van der Waals surface area contributed by atoms with Crippen LogP contribution in [0.15, 0.2) is 18.3 Å². The second-order valence-electron chi connectivity index (χ2n) is 8.77. The number of unbranched alkanes of at least 4 members (excludes halogenated alkanes) is 1. The Morgan fingerprint density at radius 1 is 1.21 bits per heavy atom. The van der Waals surface area contributed by atoms with Gasteiger partial charge in [0.25, 0.3) is 5.91 Å². The summed E-state index contributed by atoms with van der Waals surface area (Å²) in [4.78, 5) is 23.8. The summed E-state index contributed by atoms with van der Waals surface area (Å²) < 4.78 is 29.1. The van der Waals surface area contributed by atoms with Crippen LogP contribution in [0.5, 0.6) is 0 Å². The van der Waals surface area contributed by atoms with Crippen molar-refractivity contribution in [1.82, 2.24) is 39.5 Å². The number of nitrogens with two attached hydrogens (primary N) is 1. The molecule has 0 atom stereocenters. The first-order valence-corrected chi connectivity index (χ1v) is 10.7. The van der Waals surface area contributed by atoms with E-state index in [1.165, 1.54) is 20.4 Å². The fourth-order valence-corrected chi connectivity index (χ4v) is 3.55. The third-order valence-electron chi connectivity index (χ3n) is 5.14. The molecule has 34 heavy (non-hydrogen) atoms. The Morgan fingerprint density at radius 3 is 2.71 bits per heavy atom. The van der Waals surface area contributed by atoms with E-state index >= 15 is 0 Å². The number of rotatable bonds is 8. The van der Waals surface area contributed by atoms with Gasteiger partial charge < -0.3 is 15.7 Å². The highest BCUT2D eigenvalue weighted by Gasteiger charge is 2.20. The minimum Gasteiger partial charge on any atom is -0.388 e. The van der Waals surface area contributed by atoms with Crippen LogP contribution < -0.4 is 5.73 Å². The van der Waals surface area contributed by atoms with Crippen molar-refractivity contribution in [2.75, 3.05) is 19.3 Å². The van der Waals surface area contributed by atoms with Crippen LogP contribution in [-0.2, 0) is 13.0 Å². The zero-order valence-corrected chi connectivity index (χ0v) is 19.0. The molecular weight excluding hydrogens is 448 g/mol. The molecule has 1 aromatic carbocycles. The highest BCUT2D eigenvalue weighted by atomic mass is 19.1. The molecule has 0 aliphatic rings. The molecule has 0 fully saturated rings. The van der Waals surface area contributed by atoms with Crippen LogP contribution in [0.25, 0.3) is 16.6 Å². The Labute approximate surface area is 193 Å². The number of carbonyl (C=O) groups is 1. The van der Waals surface area contributed by atoms with Gasteiger partial charge >= 0.3 is 0 Å². The molecule has 0 aliphatic carbocycles. The second-order valence-corrected chi connectivity index (χ2v) is 8.77. The van der Waals surface area contributed by atoms with E-state index < -0.39 is 17.2 Å². The number of amides is 1. The molecule has 3 aromatic heterocycles. The van der Waals surface area contributed by atoms with Crippen molar-refractivity contribution < 1.29 is 18.7 Å². The molecule has 0 spiro atoms. The molecule has 3 heterocycles. The number of nitrogens with zero attached hydrogens (tertiary/aromatic N) is 8. The largest absolute Gasteiger partial charge is 0.388 e. The molecule has 0 aliphatic heterocycles. The van der Waals surface area contributed by atoms with Gasteiger partial charge in [-0.15, -0.1) is 10.2 Å². The fraction of sp³-hybridized carbons (Fsp3) is 0.429. The second kappa shape index (κ2) is 8.89. The third-order valence-corrected chi connectivity index (χ3v) is 5.14. The van der Waals surface area contributed by atoms with Crippen molar-refractivity contribution in [3.8, 4) is 0 Å². The number of carbonyl (C=O) groups excluding carboxylic acids is 1. The maximum Gasteiger partial charge on any atom is 0.275 e. The summed E-state index contributed by atoms with van der Waals surface area (Å²) >= 11 is 0. The lowest BCUT2D eigenvalue weighted by molar-refractivity contribution is 0.0526. The Kier molecular flexibility index (Phi) is 6.13. The summed E-state index contributed by atoms with van der Waals surface area (Å²) in [7, 11) is 1.67. The minimum atomic E-state index is -0.994. The van der Waals surface area contributed by atoms with Gasteiger partial charge in [0.15, 0.2) is 23.0 Å². The number of aromatic nitrogens is 7. The van der Waals surface area contributed by atoms with Crippen molar-refractivity contribution >= 4 is 28.4 Å². The van der Waals surface area contributed by atoms with Crippen LogP contribution in [0.1, 0.15) is 43.0 Å². The van der Waals surface area contributed by atoms with Crippen LogP contribution >= 0.6 is 0 Å². The van der Waals surface area contributed by atoms with Crippen molar-refractivity contribution in [1.29, 1.82) is 0 Å². The normalized spacial score (nSPS) is 12.1. The smallest absolute Gasteiger partial charge is 0.275 e. The number of fused-ring (bicyclic) bond motifs is 3. The molecule has 0 radical (unpaired) electrons.